The van der Waals surface area contributed by atoms with Gasteiger partial charge in [-0.2, -0.15) is 0 Å². The molecule has 0 bridgehead atoms. The summed E-state index contributed by atoms with van der Waals surface area (Å²) in [5.74, 6) is 0.663. The lowest BCUT2D eigenvalue weighted by atomic mass is 10.2. The molecule has 0 unspecified atom stereocenters. The summed E-state index contributed by atoms with van der Waals surface area (Å²) in [6.07, 6.45) is 0. The predicted octanol–water partition coefficient (Wildman–Crippen LogP) is 3.48. The Labute approximate surface area is 133 Å². The van der Waals surface area contributed by atoms with Gasteiger partial charge in [0.05, 0.1) is 12.1 Å². The number of hydrogen-bond acceptors (Lipinski definition) is 3. The van der Waals surface area contributed by atoms with Gasteiger partial charge in [-0.3, -0.25) is 0 Å². The van der Waals surface area contributed by atoms with E-state index in [4.69, 9.17) is 27.9 Å². The Hall–Kier alpha value is -1.27. The van der Waals surface area contributed by atoms with Crippen LogP contribution in [-0.2, 0) is 16.6 Å². The summed E-state index contributed by atoms with van der Waals surface area (Å²) >= 11 is 11.7. The molecule has 7 heteroatoms. The SMILES string of the molecule is COc1cccc(CNS(=O)(=O)c2ccc(Cl)cc2Cl)c1. The summed E-state index contributed by atoms with van der Waals surface area (Å²) in [6, 6.07) is 11.4. The zero-order chi connectivity index (χ0) is 15.5. The summed E-state index contributed by atoms with van der Waals surface area (Å²) in [5, 5.41) is 0.465. The second-order valence-corrected chi connectivity index (χ2v) is 6.83. The monoisotopic (exact) mass is 345 g/mol. The molecular formula is C14H13Cl2NO3S. The third-order valence-corrected chi connectivity index (χ3v) is 4.90. The average Bonchev–Trinajstić information content (AvgIpc) is 2.45. The van der Waals surface area contributed by atoms with Crippen LogP contribution in [0.2, 0.25) is 10.0 Å². The molecule has 0 aliphatic carbocycles. The van der Waals surface area contributed by atoms with E-state index in [1.165, 1.54) is 18.2 Å². The van der Waals surface area contributed by atoms with Crippen molar-refractivity contribution in [3.63, 3.8) is 0 Å². The van der Waals surface area contributed by atoms with Crippen molar-refractivity contribution in [2.24, 2.45) is 0 Å². The van der Waals surface area contributed by atoms with Crippen molar-refractivity contribution in [1.29, 1.82) is 0 Å². The molecule has 21 heavy (non-hydrogen) atoms. The maximum absolute atomic E-state index is 12.2. The Morgan fingerprint density at radius 1 is 1.14 bits per heavy atom. The predicted molar refractivity (Wildman–Crippen MR) is 83.5 cm³/mol. The van der Waals surface area contributed by atoms with Crippen LogP contribution in [0.15, 0.2) is 47.4 Å². The summed E-state index contributed by atoms with van der Waals surface area (Å²) in [4.78, 5) is -0.00328. The van der Waals surface area contributed by atoms with E-state index in [0.717, 1.165) is 5.56 Å². The van der Waals surface area contributed by atoms with Crippen LogP contribution >= 0.6 is 23.2 Å². The van der Waals surface area contributed by atoms with Crippen molar-refractivity contribution in [3.8, 4) is 5.75 Å². The minimum absolute atomic E-state index is 0.00328. The van der Waals surface area contributed by atoms with Crippen LogP contribution < -0.4 is 9.46 Å². The van der Waals surface area contributed by atoms with E-state index in [1.807, 2.05) is 0 Å². The van der Waals surface area contributed by atoms with Crippen LogP contribution in [0.4, 0.5) is 0 Å². The molecule has 0 amide bonds. The van der Waals surface area contributed by atoms with Crippen molar-refractivity contribution in [1.82, 2.24) is 4.72 Å². The highest BCUT2D eigenvalue weighted by molar-refractivity contribution is 7.89. The van der Waals surface area contributed by atoms with Crippen molar-refractivity contribution in [2.45, 2.75) is 11.4 Å². The van der Waals surface area contributed by atoms with Gasteiger partial charge in [0.25, 0.3) is 0 Å². The van der Waals surface area contributed by atoms with Crippen LogP contribution in [0.3, 0.4) is 0 Å². The Kier molecular flexibility index (Phi) is 5.11. The lowest BCUT2D eigenvalue weighted by Gasteiger charge is -2.09. The first-order valence-electron chi connectivity index (χ1n) is 6.00. The molecule has 0 spiro atoms. The summed E-state index contributed by atoms with van der Waals surface area (Å²) < 4.78 is 32.0. The van der Waals surface area contributed by atoms with E-state index in [-0.39, 0.29) is 16.5 Å². The van der Waals surface area contributed by atoms with Crippen molar-refractivity contribution in [2.75, 3.05) is 7.11 Å². The first kappa shape index (κ1) is 16.1. The van der Waals surface area contributed by atoms with E-state index in [9.17, 15) is 8.42 Å². The molecule has 0 fully saturated rings. The summed E-state index contributed by atoms with van der Waals surface area (Å²) in [7, 11) is -2.15. The number of benzene rings is 2. The summed E-state index contributed by atoms with van der Waals surface area (Å²) in [5.41, 5.74) is 0.781. The minimum Gasteiger partial charge on any atom is -0.497 e. The van der Waals surface area contributed by atoms with Gasteiger partial charge in [-0.25, -0.2) is 13.1 Å². The molecule has 0 aliphatic rings. The topological polar surface area (TPSA) is 55.4 Å². The van der Waals surface area contributed by atoms with Gasteiger partial charge >= 0.3 is 0 Å². The van der Waals surface area contributed by atoms with Crippen molar-refractivity contribution in [3.05, 3.63) is 58.1 Å². The van der Waals surface area contributed by atoms with Gasteiger partial charge in [-0.05, 0) is 35.9 Å². The molecule has 0 aromatic heterocycles. The van der Waals surface area contributed by atoms with Gasteiger partial charge in [0, 0.05) is 11.6 Å². The van der Waals surface area contributed by atoms with E-state index in [2.05, 4.69) is 4.72 Å². The van der Waals surface area contributed by atoms with Crippen LogP contribution in [-0.4, -0.2) is 15.5 Å². The molecule has 1 N–H and O–H groups in total. The lowest BCUT2D eigenvalue weighted by Crippen LogP contribution is -2.23. The maximum atomic E-state index is 12.2. The number of halogens is 2. The van der Waals surface area contributed by atoms with Crippen LogP contribution in [0.5, 0.6) is 5.75 Å². The quantitative estimate of drug-likeness (QED) is 0.902. The normalized spacial score (nSPS) is 11.4. The molecule has 0 radical (unpaired) electrons. The lowest BCUT2D eigenvalue weighted by molar-refractivity contribution is 0.414. The second kappa shape index (κ2) is 6.66. The van der Waals surface area contributed by atoms with Crippen LogP contribution in [0, 0.1) is 0 Å². The van der Waals surface area contributed by atoms with Gasteiger partial charge in [-0.15, -0.1) is 0 Å². The fraction of sp³-hybridized carbons (Fsp3) is 0.143. The molecular weight excluding hydrogens is 333 g/mol. The Morgan fingerprint density at radius 3 is 2.57 bits per heavy atom. The number of methoxy groups -OCH3 is 1. The highest BCUT2D eigenvalue weighted by Gasteiger charge is 2.17. The standard InChI is InChI=1S/C14H13Cl2NO3S/c1-20-12-4-2-3-10(7-12)9-17-21(18,19)14-6-5-11(15)8-13(14)16/h2-8,17H,9H2,1H3. The first-order chi connectivity index (χ1) is 9.92. The number of ether oxygens (including phenoxy) is 1. The average molecular weight is 346 g/mol. The molecule has 0 saturated carbocycles. The minimum atomic E-state index is -3.71. The van der Waals surface area contributed by atoms with Gasteiger partial charge in [0.2, 0.25) is 10.0 Å². The Bertz CT molecular complexity index is 748. The zero-order valence-corrected chi connectivity index (χ0v) is 13.5. The van der Waals surface area contributed by atoms with E-state index in [1.54, 1.807) is 31.4 Å². The molecule has 0 heterocycles. The van der Waals surface area contributed by atoms with Gasteiger partial charge < -0.3 is 4.74 Å². The van der Waals surface area contributed by atoms with E-state index >= 15 is 0 Å². The second-order valence-electron chi connectivity index (χ2n) is 4.25. The number of hydrogen-bond donors (Lipinski definition) is 1. The first-order valence-corrected chi connectivity index (χ1v) is 8.24. The molecule has 112 valence electrons. The van der Waals surface area contributed by atoms with Gasteiger partial charge in [0.15, 0.2) is 0 Å². The molecule has 4 nitrogen and oxygen atoms in total. The summed E-state index contributed by atoms with van der Waals surface area (Å²) in [6.45, 7) is 0.137. The maximum Gasteiger partial charge on any atom is 0.242 e. The smallest absolute Gasteiger partial charge is 0.242 e. The number of sulfonamides is 1. The molecule has 2 aromatic rings. The third kappa shape index (κ3) is 4.11. The fourth-order valence-electron chi connectivity index (χ4n) is 1.73. The molecule has 2 rings (SSSR count). The molecule has 0 aliphatic heterocycles. The van der Waals surface area contributed by atoms with Crippen LogP contribution in [0.25, 0.3) is 0 Å². The molecule has 0 saturated heterocycles. The number of rotatable bonds is 5. The molecule has 2 aromatic carbocycles. The zero-order valence-electron chi connectivity index (χ0n) is 11.1. The Balaban J connectivity index is 2.17. The highest BCUT2D eigenvalue weighted by atomic mass is 35.5. The number of nitrogens with one attached hydrogen (secondary N) is 1. The largest absolute Gasteiger partial charge is 0.497 e. The van der Waals surface area contributed by atoms with Gasteiger partial charge in [-0.1, -0.05) is 35.3 Å². The third-order valence-electron chi connectivity index (χ3n) is 2.78. The highest BCUT2D eigenvalue weighted by Crippen LogP contribution is 2.25. The van der Waals surface area contributed by atoms with E-state index in [0.29, 0.717) is 10.8 Å². The fourth-order valence-corrected chi connectivity index (χ4v) is 3.52. The van der Waals surface area contributed by atoms with Crippen LogP contribution in [0.1, 0.15) is 5.56 Å². The van der Waals surface area contributed by atoms with Crippen molar-refractivity contribution < 1.29 is 13.2 Å². The Morgan fingerprint density at radius 2 is 1.90 bits per heavy atom. The van der Waals surface area contributed by atoms with Crippen molar-refractivity contribution >= 4 is 33.2 Å². The van der Waals surface area contributed by atoms with Gasteiger partial charge in [0.1, 0.15) is 10.6 Å². The van der Waals surface area contributed by atoms with E-state index < -0.39 is 10.0 Å². The molecule has 0 atom stereocenters.